The van der Waals surface area contributed by atoms with Crippen molar-refractivity contribution in [1.82, 2.24) is 5.32 Å². The maximum absolute atomic E-state index is 13.3. The molecule has 0 aliphatic heterocycles. The molecule has 0 spiro atoms. The molecule has 4 aromatic rings. The summed E-state index contributed by atoms with van der Waals surface area (Å²) in [6.07, 6.45) is -3.03. The third kappa shape index (κ3) is 8.58. The second-order valence-corrected chi connectivity index (χ2v) is 10.2. The van der Waals surface area contributed by atoms with Gasteiger partial charge < -0.3 is 16.0 Å². The van der Waals surface area contributed by atoms with Gasteiger partial charge in [0.1, 0.15) is 5.70 Å². The first-order chi connectivity index (χ1) is 20.1. The highest BCUT2D eigenvalue weighted by Gasteiger charge is 2.33. The number of carbonyl (C=O) groups is 3. The molecule has 0 saturated carbocycles. The maximum atomic E-state index is 13.3. The van der Waals surface area contributed by atoms with Gasteiger partial charge in [-0.05, 0) is 61.0 Å². The van der Waals surface area contributed by atoms with Crippen molar-refractivity contribution in [2.24, 2.45) is 0 Å². The molecular weight excluding hydrogens is 563 g/mol. The molecule has 0 fully saturated rings. The average Bonchev–Trinajstić information content (AvgIpc) is 2.97. The minimum Gasteiger partial charge on any atom is -0.325 e. The molecule has 6 nitrogen and oxygen atoms in total. The second-order valence-electron chi connectivity index (χ2n) is 9.15. The molecule has 0 unspecified atom stereocenters. The molecule has 0 bridgehead atoms. The maximum Gasteiger partial charge on any atom is 0.418 e. The summed E-state index contributed by atoms with van der Waals surface area (Å²) >= 11 is 1.09. The molecule has 0 aliphatic rings. The Labute approximate surface area is 245 Å². The third-order valence-electron chi connectivity index (χ3n) is 5.89. The Balaban J connectivity index is 1.45. The summed E-state index contributed by atoms with van der Waals surface area (Å²) in [5.41, 5.74) is 1.31. The normalized spacial score (nSPS) is 11.5. The quantitative estimate of drug-likeness (QED) is 0.143. The number of nitrogens with one attached hydrogen (secondary N) is 3. The van der Waals surface area contributed by atoms with Gasteiger partial charge in [0, 0.05) is 16.1 Å². The molecule has 0 aliphatic carbocycles. The zero-order valence-electron chi connectivity index (χ0n) is 22.4. The van der Waals surface area contributed by atoms with E-state index in [1.807, 2.05) is 31.2 Å². The van der Waals surface area contributed by atoms with Gasteiger partial charge in [-0.15, -0.1) is 11.8 Å². The van der Waals surface area contributed by atoms with Gasteiger partial charge in [-0.1, -0.05) is 66.2 Å². The minimum atomic E-state index is -4.60. The number of para-hydroxylation sites is 1. The Bertz CT molecular complexity index is 1600. The number of aryl methyl sites for hydroxylation is 1. The van der Waals surface area contributed by atoms with E-state index in [2.05, 4.69) is 16.0 Å². The Kier molecular flexibility index (Phi) is 9.82. The van der Waals surface area contributed by atoms with Crippen molar-refractivity contribution in [3.05, 3.63) is 131 Å². The van der Waals surface area contributed by atoms with Crippen LogP contribution in [-0.2, 0) is 15.8 Å². The van der Waals surface area contributed by atoms with Crippen LogP contribution in [0.4, 0.5) is 24.5 Å². The molecule has 214 valence electrons. The lowest BCUT2D eigenvalue weighted by Crippen LogP contribution is -2.30. The zero-order valence-corrected chi connectivity index (χ0v) is 23.2. The van der Waals surface area contributed by atoms with Crippen molar-refractivity contribution in [2.75, 3.05) is 16.4 Å². The lowest BCUT2D eigenvalue weighted by Gasteiger charge is -2.14. The standard InChI is InChI=1S/C32H26F3N3O3S/c1-21-14-16-22(17-15-21)18-28(38-30(40)23-8-3-2-4-9-23)31(41)36-24-10-7-11-25(19-24)42-20-29(39)37-27-13-6-5-12-26(27)32(33,34)35/h2-19H,20H2,1H3,(H,36,41)(H,37,39)(H,38,40)/b28-18+. The molecule has 0 aromatic heterocycles. The van der Waals surface area contributed by atoms with Gasteiger partial charge in [0.25, 0.3) is 11.8 Å². The number of benzene rings is 4. The lowest BCUT2D eigenvalue weighted by atomic mass is 10.1. The Hall–Kier alpha value is -4.83. The number of anilines is 2. The lowest BCUT2D eigenvalue weighted by molar-refractivity contribution is -0.137. The van der Waals surface area contributed by atoms with Crippen molar-refractivity contribution < 1.29 is 27.6 Å². The van der Waals surface area contributed by atoms with Crippen LogP contribution in [0.15, 0.2) is 114 Å². The molecule has 4 rings (SSSR count). The SMILES string of the molecule is Cc1ccc(/C=C(/NC(=O)c2ccccc2)C(=O)Nc2cccc(SCC(=O)Nc3ccccc3C(F)(F)F)c2)cc1. The number of alkyl halides is 3. The van der Waals surface area contributed by atoms with E-state index in [4.69, 9.17) is 0 Å². The van der Waals surface area contributed by atoms with Crippen LogP contribution in [0.25, 0.3) is 6.08 Å². The summed E-state index contributed by atoms with van der Waals surface area (Å²) in [6, 6.07) is 27.3. The van der Waals surface area contributed by atoms with Gasteiger partial charge >= 0.3 is 6.18 Å². The van der Waals surface area contributed by atoms with Crippen LogP contribution in [-0.4, -0.2) is 23.5 Å². The molecule has 10 heteroatoms. The third-order valence-corrected chi connectivity index (χ3v) is 6.88. The van der Waals surface area contributed by atoms with E-state index in [9.17, 15) is 27.6 Å². The van der Waals surface area contributed by atoms with Crippen LogP contribution in [0.5, 0.6) is 0 Å². The number of halogens is 3. The van der Waals surface area contributed by atoms with Crippen LogP contribution in [0.2, 0.25) is 0 Å². The fourth-order valence-electron chi connectivity index (χ4n) is 3.81. The summed E-state index contributed by atoms with van der Waals surface area (Å²) in [5.74, 6) is -1.79. The summed E-state index contributed by atoms with van der Waals surface area (Å²) in [5, 5.41) is 7.75. The molecule has 0 saturated heterocycles. The number of hydrogen-bond donors (Lipinski definition) is 3. The number of thioether (sulfide) groups is 1. The molecule has 4 aromatic carbocycles. The molecule has 3 N–H and O–H groups in total. The van der Waals surface area contributed by atoms with E-state index >= 15 is 0 Å². The largest absolute Gasteiger partial charge is 0.418 e. The fourth-order valence-corrected chi connectivity index (χ4v) is 4.56. The van der Waals surface area contributed by atoms with Crippen LogP contribution >= 0.6 is 11.8 Å². The predicted octanol–water partition coefficient (Wildman–Crippen LogP) is 7.15. The highest BCUT2D eigenvalue weighted by atomic mass is 32.2. The van der Waals surface area contributed by atoms with Crippen LogP contribution in [0.3, 0.4) is 0 Å². The van der Waals surface area contributed by atoms with Gasteiger partial charge in [-0.2, -0.15) is 13.2 Å². The van der Waals surface area contributed by atoms with E-state index in [1.54, 1.807) is 60.7 Å². The molecule has 0 radical (unpaired) electrons. The number of rotatable bonds is 9. The topological polar surface area (TPSA) is 87.3 Å². The van der Waals surface area contributed by atoms with E-state index in [0.29, 0.717) is 21.7 Å². The van der Waals surface area contributed by atoms with Crippen molar-refractivity contribution in [3.8, 4) is 0 Å². The van der Waals surface area contributed by atoms with Gasteiger partial charge in [0.05, 0.1) is 17.0 Å². The Morgan fingerprint density at radius 1 is 0.810 bits per heavy atom. The van der Waals surface area contributed by atoms with Crippen LogP contribution in [0.1, 0.15) is 27.0 Å². The van der Waals surface area contributed by atoms with E-state index in [-0.39, 0.29) is 17.1 Å². The average molecular weight is 590 g/mol. The van der Waals surface area contributed by atoms with E-state index < -0.39 is 29.5 Å². The molecular formula is C32H26F3N3O3S. The van der Waals surface area contributed by atoms with E-state index in [0.717, 1.165) is 23.4 Å². The van der Waals surface area contributed by atoms with Crippen molar-refractivity contribution in [1.29, 1.82) is 0 Å². The van der Waals surface area contributed by atoms with Crippen LogP contribution in [0, 0.1) is 6.92 Å². The second kappa shape index (κ2) is 13.7. The first kappa shape index (κ1) is 30.1. The summed E-state index contributed by atoms with van der Waals surface area (Å²) < 4.78 is 39.7. The molecule has 42 heavy (non-hydrogen) atoms. The fraction of sp³-hybridized carbons (Fsp3) is 0.0938. The first-order valence-corrected chi connectivity index (χ1v) is 13.7. The highest BCUT2D eigenvalue weighted by Crippen LogP contribution is 2.34. The molecule has 0 heterocycles. The smallest absolute Gasteiger partial charge is 0.325 e. The van der Waals surface area contributed by atoms with Crippen molar-refractivity contribution in [3.63, 3.8) is 0 Å². The van der Waals surface area contributed by atoms with Crippen molar-refractivity contribution in [2.45, 2.75) is 18.0 Å². The van der Waals surface area contributed by atoms with Gasteiger partial charge in [-0.25, -0.2) is 0 Å². The monoisotopic (exact) mass is 589 g/mol. The number of carbonyl (C=O) groups excluding carboxylic acids is 3. The summed E-state index contributed by atoms with van der Waals surface area (Å²) in [7, 11) is 0. The molecule has 0 atom stereocenters. The number of hydrogen-bond acceptors (Lipinski definition) is 4. The first-order valence-electron chi connectivity index (χ1n) is 12.7. The molecule has 3 amide bonds. The Morgan fingerprint density at radius 2 is 1.50 bits per heavy atom. The van der Waals surface area contributed by atoms with Gasteiger partial charge in [-0.3, -0.25) is 14.4 Å². The van der Waals surface area contributed by atoms with Gasteiger partial charge in [0.2, 0.25) is 5.91 Å². The Morgan fingerprint density at radius 3 is 2.21 bits per heavy atom. The minimum absolute atomic E-state index is 0.0217. The van der Waals surface area contributed by atoms with Gasteiger partial charge in [0.15, 0.2) is 0 Å². The highest BCUT2D eigenvalue weighted by molar-refractivity contribution is 8.00. The van der Waals surface area contributed by atoms with Crippen molar-refractivity contribution >= 4 is 46.9 Å². The van der Waals surface area contributed by atoms with E-state index in [1.165, 1.54) is 18.2 Å². The zero-order chi connectivity index (χ0) is 30.1. The van der Waals surface area contributed by atoms with Crippen LogP contribution < -0.4 is 16.0 Å². The summed E-state index contributed by atoms with van der Waals surface area (Å²) in [4.78, 5) is 39.1. The predicted molar refractivity (Wildman–Crippen MR) is 159 cm³/mol. The summed E-state index contributed by atoms with van der Waals surface area (Å²) in [6.45, 7) is 1.94. The number of amides is 3.